The molecular formula is C23H30O4. The van der Waals surface area contributed by atoms with Gasteiger partial charge in [-0.25, -0.2) is 0 Å². The maximum absolute atomic E-state index is 13.0. The molecule has 2 saturated carbocycles. The van der Waals surface area contributed by atoms with Crippen molar-refractivity contribution < 1.29 is 19.4 Å². The van der Waals surface area contributed by atoms with Gasteiger partial charge in [-0.3, -0.25) is 9.59 Å². The Labute approximate surface area is 161 Å². The molecule has 3 rings (SSSR count). The quantitative estimate of drug-likeness (QED) is 0.581. The number of carboxylic acid groups (broad SMARTS) is 1. The SMILES string of the molecule is C=Cc1ccc(CC(C)(C(=O)O)C(=O)OC2CC3CCC2(C)C3(C)C)cc1. The number of carboxylic acids is 1. The normalized spacial score (nSPS) is 30.5. The Morgan fingerprint density at radius 1 is 1.30 bits per heavy atom. The summed E-state index contributed by atoms with van der Waals surface area (Å²) >= 11 is 0. The molecule has 0 aromatic heterocycles. The molecule has 0 spiro atoms. The van der Waals surface area contributed by atoms with Gasteiger partial charge in [0.25, 0.3) is 0 Å². The molecule has 4 nitrogen and oxygen atoms in total. The van der Waals surface area contributed by atoms with E-state index in [1.54, 1.807) is 6.08 Å². The maximum Gasteiger partial charge on any atom is 0.323 e. The van der Waals surface area contributed by atoms with Crippen LogP contribution >= 0.6 is 0 Å². The molecule has 4 unspecified atom stereocenters. The maximum atomic E-state index is 13.0. The second-order valence-corrected chi connectivity index (χ2v) is 9.26. The van der Waals surface area contributed by atoms with E-state index in [1.165, 1.54) is 6.92 Å². The summed E-state index contributed by atoms with van der Waals surface area (Å²) in [5, 5.41) is 9.82. The molecule has 27 heavy (non-hydrogen) atoms. The van der Waals surface area contributed by atoms with Gasteiger partial charge in [-0.1, -0.05) is 57.7 Å². The second-order valence-electron chi connectivity index (χ2n) is 9.26. The number of rotatable bonds is 6. The van der Waals surface area contributed by atoms with Crippen molar-refractivity contribution in [3.05, 3.63) is 42.0 Å². The van der Waals surface area contributed by atoms with Crippen LogP contribution in [0.1, 0.15) is 58.1 Å². The van der Waals surface area contributed by atoms with E-state index in [1.807, 2.05) is 24.3 Å². The number of fused-ring (bicyclic) bond motifs is 2. The highest BCUT2D eigenvalue weighted by Gasteiger charge is 2.63. The van der Waals surface area contributed by atoms with Crippen LogP contribution in [0.3, 0.4) is 0 Å². The van der Waals surface area contributed by atoms with Gasteiger partial charge in [0.15, 0.2) is 5.41 Å². The van der Waals surface area contributed by atoms with Crippen LogP contribution in [0, 0.1) is 22.2 Å². The van der Waals surface area contributed by atoms with E-state index in [0.717, 1.165) is 30.4 Å². The standard InChI is InChI=1S/C23H30O4/c1-6-15-7-9-16(10-8-15)14-22(4,19(24)25)20(26)27-18-13-17-11-12-23(18,5)21(17,2)3/h6-10,17-18H,1,11-14H2,2-5H3,(H,24,25). The molecule has 4 heteroatoms. The third-order valence-corrected chi connectivity index (χ3v) is 7.66. The zero-order valence-electron chi connectivity index (χ0n) is 16.7. The van der Waals surface area contributed by atoms with Gasteiger partial charge in [0, 0.05) is 5.41 Å². The van der Waals surface area contributed by atoms with Crippen LogP contribution in [0.4, 0.5) is 0 Å². The van der Waals surface area contributed by atoms with Crippen molar-refractivity contribution in [3.63, 3.8) is 0 Å². The van der Waals surface area contributed by atoms with E-state index in [-0.39, 0.29) is 23.4 Å². The summed E-state index contributed by atoms with van der Waals surface area (Å²) in [5.74, 6) is -1.24. The van der Waals surface area contributed by atoms with Crippen molar-refractivity contribution in [1.82, 2.24) is 0 Å². The van der Waals surface area contributed by atoms with Crippen LogP contribution in [0.5, 0.6) is 0 Å². The molecule has 2 aliphatic carbocycles. The number of hydrogen-bond acceptors (Lipinski definition) is 3. The van der Waals surface area contributed by atoms with E-state index in [9.17, 15) is 14.7 Å². The lowest BCUT2D eigenvalue weighted by atomic mass is 9.70. The van der Waals surface area contributed by atoms with E-state index in [2.05, 4.69) is 27.4 Å². The molecule has 2 fully saturated rings. The van der Waals surface area contributed by atoms with Crippen LogP contribution in [-0.2, 0) is 20.7 Å². The van der Waals surface area contributed by atoms with Crippen molar-refractivity contribution in [2.75, 3.05) is 0 Å². The molecule has 0 saturated heterocycles. The fourth-order valence-electron chi connectivity index (χ4n) is 4.98. The first-order valence-electron chi connectivity index (χ1n) is 9.70. The Kier molecular flexibility index (Phi) is 4.73. The summed E-state index contributed by atoms with van der Waals surface area (Å²) in [6, 6.07) is 7.42. The lowest BCUT2D eigenvalue weighted by molar-refractivity contribution is -0.176. The number of carbonyl (C=O) groups excluding carboxylic acids is 1. The van der Waals surface area contributed by atoms with Crippen molar-refractivity contribution >= 4 is 18.0 Å². The van der Waals surface area contributed by atoms with Crippen molar-refractivity contribution in [1.29, 1.82) is 0 Å². The Hall–Kier alpha value is -2.10. The minimum Gasteiger partial charge on any atom is -0.480 e. The van der Waals surface area contributed by atoms with Gasteiger partial charge in [-0.05, 0) is 55.1 Å². The van der Waals surface area contributed by atoms with Crippen LogP contribution in [-0.4, -0.2) is 23.1 Å². The van der Waals surface area contributed by atoms with Gasteiger partial charge in [0.2, 0.25) is 0 Å². The Morgan fingerprint density at radius 3 is 2.37 bits per heavy atom. The number of benzene rings is 1. The average molecular weight is 370 g/mol. The molecule has 0 amide bonds. The van der Waals surface area contributed by atoms with Crippen LogP contribution in [0.25, 0.3) is 6.08 Å². The molecule has 0 radical (unpaired) electrons. The van der Waals surface area contributed by atoms with Gasteiger partial charge < -0.3 is 9.84 Å². The number of aliphatic carboxylic acids is 1. The van der Waals surface area contributed by atoms with Crippen molar-refractivity contribution in [2.24, 2.45) is 22.2 Å². The van der Waals surface area contributed by atoms with E-state index in [0.29, 0.717) is 5.92 Å². The molecular weight excluding hydrogens is 340 g/mol. The van der Waals surface area contributed by atoms with E-state index in [4.69, 9.17) is 4.74 Å². The molecule has 1 aromatic carbocycles. The molecule has 2 bridgehead atoms. The molecule has 0 aliphatic heterocycles. The summed E-state index contributed by atoms with van der Waals surface area (Å²) in [4.78, 5) is 25.0. The summed E-state index contributed by atoms with van der Waals surface area (Å²) in [6.07, 6.45) is 4.64. The van der Waals surface area contributed by atoms with Crippen molar-refractivity contribution in [2.45, 2.75) is 59.5 Å². The topological polar surface area (TPSA) is 63.6 Å². The smallest absolute Gasteiger partial charge is 0.323 e. The number of hydrogen-bond donors (Lipinski definition) is 1. The van der Waals surface area contributed by atoms with Gasteiger partial charge in [0.05, 0.1) is 0 Å². The minimum absolute atomic E-state index is 0.0850. The molecule has 0 heterocycles. The molecule has 146 valence electrons. The molecule has 1 N–H and O–H groups in total. The summed E-state index contributed by atoms with van der Waals surface area (Å²) in [7, 11) is 0. The lowest BCUT2D eigenvalue weighted by Crippen LogP contribution is -2.45. The van der Waals surface area contributed by atoms with Crippen LogP contribution in [0.2, 0.25) is 0 Å². The highest BCUT2D eigenvalue weighted by atomic mass is 16.5. The molecule has 4 atom stereocenters. The largest absolute Gasteiger partial charge is 0.480 e. The summed E-state index contributed by atoms with van der Waals surface area (Å²) < 4.78 is 5.89. The number of carbonyl (C=O) groups is 2. The molecule has 1 aromatic rings. The third-order valence-electron chi connectivity index (χ3n) is 7.66. The fourth-order valence-corrected chi connectivity index (χ4v) is 4.98. The minimum atomic E-state index is -1.60. The summed E-state index contributed by atoms with van der Waals surface area (Å²) in [6.45, 7) is 11.9. The Balaban J connectivity index is 1.79. The van der Waals surface area contributed by atoms with Crippen molar-refractivity contribution in [3.8, 4) is 0 Å². The van der Waals surface area contributed by atoms with E-state index < -0.39 is 17.4 Å². The monoisotopic (exact) mass is 370 g/mol. The zero-order valence-corrected chi connectivity index (χ0v) is 16.7. The molecule has 2 aliphatic rings. The van der Waals surface area contributed by atoms with Gasteiger partial charge in [-0.15, -0.1) is 0 Å². The second kappa shape index (κ2) is 6.50. The Morgan fingerprint density at radius 2 is 1.93 bits per heavy atom. The zero-order chi connectivity index (χ0) is 20.0. The third kappa shape index (κ3) is 2.99. The number of esters is 1. The van der Waals surface area contributed by atoms with E-state index >= 15 is 0 Å². The predicted molar refractivity (Wildman–Crippen MR) is 105 cm³/mol. The number of ether oxygens (including phenoxy) is 1. The predicted octanol–water partition coefficient (Wildman–Crippen LogP) is 4.72. The fraction of sp³-hybridized carbons (Fsp3) is 0.565. The summed E-state index contributed by atoms with van der Waals surface area (Å²) in [5.41, 5.74) is 0.173. The lowest BCUT2D eigenvalue weighted by Gasteiger charge is -2.39. The van der Waals surface area contributed by atoms with Gasteiger partial charge in [-0.2, -0.15) is 0 Å². The highest BCUT2D eigenvalue weighted by molar-refractivity contribution is 5.99. The van der Waals surface area contributed by atoms with Gasteiger partial charge >= 0.3 is 11.9 Å². The highest BCUT2D eigenvalue weighted by Crippen LogP contribution is 2.66. The first kappa shape index (κ1) is 19.7. The first-order chi connectivity index (χ1) is 12.5. The van der Waals surface area contributed by atoms with Crippen LogP contribution < -0.4 is 0 Å². The van der Waals surface area contributed by atoms with Gasteiger partial charge in [0.1, 0.15) is 6.10 Å². The average Bonchev–Trinajstić information content (AvgIpc) is 2.95. The Bertz CT molecular complexity index is 763. The first-order valence-corrected chi connectivity index (χ1v) is 9.70. The van der Waals surface area contributed by atoms with Crippen LogP contribution in [0.15, 0.2) is 30.8 Å².